The van der Waals surface area contributed by atoms with E-state index in [-0.39, 0.29) is 0 Å². The molecule has 0 bridgehead atoms. The molecule has 1 rings (SSSR count). The lowest BCUT2D eigenvalue weighted by Crippen LogP contribution is -2.39. The minimum atomic E-state index is 0.636. The summed E-state index contributed by atoms with van der Waals surface area (Å²) < 4.78 is 0. The van der Waals surface area contributed by atoms with Crippen molar-refractivity contribution >= 4 is 0 Å². The first kappa shape index (κ1) is 50.4. The van der Waals surface area contributed by atoms with Crippen LogP contribution in [-0.2, 0) is 0 Å². The monoisotopic (exact) mass is 743 g/mol. The third-order valence-electron chi connectivity index (χ3n) is 12.6. The second kappa shape index (κ2) is 42.5. The number of nitrogens with zero attached hydrogens (tertiary/aromatic N) is 2. The van der Waals surface area contributed by atoms with E-state index in [1.165, 1.54) is 289 Å². The number of rotatable bonds is 45. The molecule has 0 aromatic rings. The molecule has 316 valence electrons. The van der Waals surface area contributed by atoms with E-state index in [0.717, 1.165) is 0 Å². The normalized spacial score (nSPS) is 14.4. The number of hydrogen-bond acceptors (Lipinski definition) is 2. The molecule has 0 radical (unpaired) electrons. The lowest BCUT2D eigenvalue weighted by atomic mass is 10.0. The highest BCUT2D eigenvalue weighted by molar-refractivity contribution is 4.97. The fraction of sp³-hybridized carbons (Fsp3) is 0.961. The van der Waals surface area contributed by atoms with E-state index in [9.17, 15) is 0 Å². The van der Waals surface area contributed by atoms with Crippen LogP contribution in [0.5, 0.6) is 0 Å². The standard InChI is InChI=1S/C51H102N2/c1-4-7-10-13-16-19-22-24-26-27-28-30-33-36-39-42-45-48-53-50-49-52(51(53)46-43-40-37-34-31-21-18-15-12-9-6-3)47-44-41-38-35-32-29-25-23-20-17-14-11-8-5-2/h49-51H,4-48H2,1-3H3. The zero-order valence-corrected chi connectivity index (χ0v) is 37.4. The molecule has 2 nitrogen and oxygen atoms in total. The van der Waals surface area contributed by atoms with Gasteiger partial charge in [0.2, 0.25) is 0 Å². The molecule has 2 heteroatoms. The quantitative estimate of drug-likeness (QED) is 0.0573. The molecular weight excluding hydrogens is 641 g/mol. The molecule has 0 fully saturated rings. The van der Waals surface area contributed by atoms with Crippen molar-refractivity contribution in [1.82, 2.24) is 9.80 Å². The van der Waals surface area contributed by atoms with Crippen LogP contribution in [0.15, 0.2) is 12.4 Å². The third kappa shape index (κ3) is 34.3. The third-order valence-corrected chi connectivity index (χ3v) is 12.6. The molecule has 0 saturated carbocycles. The predicted octanol–water partition coefficient (Wildman–Crippen LogP) is 18.2. The lowest BCUT2D eigenvalue weighted by Gasteiger charge is -2.33. The molecule has 0 saturated heterocycles. The molecule has 1 aliphatic heterocycles. The first-order chi connectivity index (χ1) is 26.3. The first-order valence-corrected chi connectivity index (χ1v) is 25.5. The van der Waals surface area contributed by atoms with Crippen LogP contribution >= 0.6 is 0 Å². The van der Waals surface area contributed by atoms with Gasteiger partial charge in [0.15, 0.2) is 0 Å². The van der Waals surface area contributed by atoms with E-state index < -0.39 is 0 Å². The van der Waals surface area contributed by atoms with Crippen LogP contribution in [0.2, 0.25) is 0 Å². The van der Waals surface area contributed by atoms with E-state index in [2.05, 4.69) is 43.0 Å². The molecule has 0 amide bonds. The molecule has 0 N–H and O–H groups in total. The van der Waals surface area contributed by atoms with Crippen molar-refractivity contribution in [3.63, 3.8) is 0 Å². The highest BCUT2D eigenvalue weighted by Gasteiger charge is 2.25. The highest BCUT2D eigenvalue weighted by atomic mass is 15.4. The van der Waals surface area contributed by atoms with Crippen LogP contribution in [0.25, 0.3) is 0 Å². The molecule has 1 atom stereocenters. The SMILES string of the molecule is CCCCCCCCCCCCCCCCCCCN1C=CN(CCCCCCCCCCCCCCCC)C1CCCCCCCCCCCCC. The molecule has 1 unspecified atom stereocenters. The Morgan fingerprint density at radius 1 is 0.245 bits per heavy atom. The summed E-state index contributed by atoms with van der Waals surface area (Å²) in [4.78, 5) is 5.48. The van der Waals surface area contributed by atoms with Crippen LogP contribution < -0.4 is 0 Å². The van der Waals surface area contributed by atoms with Crippen molar-refractivity contribution in [1.29, 1.82) is 0 Å². The van der Waals surface area contributed by atoms with Crippen molar-refractivity contribution in [3.05, 3.63) is 12.4 Å². The fourth-order valence-corrected chi connectivity index (χ4v) is 8.84. The maximum Gasteiger partial charge on any atom is 0.101 e. The van der Waals surface area contributed by atoms with Gasteiger partial charge in [-0.25, -0.2) is 0 Å². The Bertz CT molecular complexity index is 702. The summed E-state index contributed by atoms with van der Waals surface area (Å²) >= 11 is 0. The van der Waals surface area contributed by atoms with E-state index >= 15 is 0 Å². The van der Waals surface area contributed by atoms with Gasteiger partial charge in [-0.15, -0.1) is 0 Å². The zero-order valence-electron chi connectivity index (χ0n) is 37.4. The van der Waals surface area contributed by atoms with Crippen molar-refractivity contribution in [2.45, 2.75) is 303 Å². The molecular formula is C51H102N2. The molecule has 1 aliphatic rings. The van der Waals surface area contributed by atoms with E-state index in [1.807, 2.05) is 0 Å². The molecule has 0 aromatic heterocycles. The van der Waals surface area contributed by atoms with Crippen LogP contribution in [0.3, 0.4) is 0 Å². The summed E-state index contributed by atoms with van der Waals surface area (Å²) in [5, 5.41) is 0. The van der Waals surface area contributed by atoms with Crippen LogP contribution in [0, 0.1) is 0 Å². The van der Waals surface area contributed by atoms with Gasteiger partial charge in [-0.05, 0) is 25.7 Å². The average molecular weight is 743 g/mol. The van der Waals surface area contributed by atoms with Gasteiger partial charge in [-0.2, -0.15) is 0 Å². The summed E-state index contributed by atoms with van der Waals surface area (Å²) in [7, 11) is 0. The molecule has 53 heavy (non-hydrogen) atoms. The Kier molecular flexibility index (Phi) is 40.4. The molecule has 1 heterocycles. The van der Waals surface area contributed by atoms with Crippen LogP contribution in [0.1, 0.15) is 297 Å². The van der Waals surface area contributed by atoms with Gasteiger partial charge in [0, 0.05) is 25.5 Å². The maximum absolute atomic E-state index is 2.74. The van der Waals surface area contributed by atoms with E-state index in [0.29, 0.717) is 6.17 Å². The molecule has 0 aliphatic carbocycles. The molecule has 0 aromatic carbocycles. The van der Waals surface area contributed by atoms with Gasteiger partial charge < -0.3 is 9.80 Å². The van der Waals surface area contributed by atoms with Crippen molar-refractivity contribution < 1.29 is 0 Å². The Morgan fingerprint density at radius 2 is 0.434 bits per heavy atom. The lowest BCUT2D eigenvalue weighted by molar-refractivity contribution is 0.135. The van der Waals surface area contributed by atoms with Crippen molar-refractivity contribution in [2.24, 2.45) is 0 Å². The number of unbranched alkanes of at least 4 members (excludes halogenated alkanes) is 39. The van der Waals surface area contributed by atoms with Crippen LogP contribution in [-0.4, -0.2) is 29.1 Å². The first-order valence-electron chi connectivity index (χ1n) is 25.5. The Labute approximate surface area is 337 Å². The van der Waals surface area contributed by atoms with Crippen molar-refractivity contribution in [3.8, 4) is 0 Å². The second-order valence-electron chi connectivity index (χ2n) is 17.8. The maximum atomic E-state index is 2.74. The highest BCUT2D eigenvalue weighted by Crippen LogP contribution is 2.24. The summed E-state index contributed by atoms with van der Waals surface area (Å²) in [6, 6.07) is 0. The Balaban J connectivity index is 2.17. The van der Waals surface area contributed by atoms with Gasteiger partial charge >= 0.3 is 0 Å². The predicted molar refractivity (Wildman–Crippen MR) is 242 cm³/mol. The summed E-state index contributed by atoms with van der Waals surface area (Å²) in [6.07, 6.45) is 67.9. The van der Waals surface area contributed by atoms with E-state index in [4.69, 9.17) is 0 Å². The zero-order chi connectivity index (χ0) is 38.0. The second-order valence-corrected chi connectivity index (χ2v) is 17.8. The molecule has 0 spiro atoms. The smallest absolute Gasteiger partial charge is 0.101 e. The van der Waals surface area contributed by atoms with Crippen LogP contribution in [0.4, 0.5) is 0 Å². The minimum absolute atomic E-state index is 0.636. The Morgan fingerprint density at radius 3 is 0.660 bits per heavy atom. The summed E-state index contributed by atoms with van der Waals surface area (Å²) in [5.74, 6) is 0. The summed E-state index contributed by atoms with van der Waals surface area (Å²) in [5.41, 5.74) is 0. The van der Waals surface area contributed by atoms with Gasteiger partial charge in [0.25, 0.3) is 0 Å². The van der Waals surface area contributed by atoms with Crippen molar-refractivity contribution in [2.75, 3.05) is 13.1 Å². The fourth-order valence-electron chi connectivity index (χ4n) is 8.84. The topological polar surface area (TPSA) is 6.48 Å². The minimum Gasteiger partial charge on any atom is -0.356 e. The number of hydrogen-bond donors (Lipinski definition) is 0. The Hall–Kier alpha value is -0.660. The largest absolute Gasteiger partial charge is 0.356 e. The van der Waals surface area contributed by atoms with Gasteiger partial charge in [-0.1, -0.05) is 271 Å². The van der Waals surface area contributed by atoms with Gasteiger partial charge in [-0.3, -0.25) is 0 Å². The van der Waals surface area contributed by atoms with Gasteiger partial charge in [0.1, 0.15) is 6.17 Å². The van der Waals surface area contributed by atoms with Gasteiger partial charge in [0.05, 0.1) is 0 Å². The summed E-state index contributed by atoms with van der Waals surface area (Å²) in [6.45, 7) is 9.50. The average Bonchev–Trinajstić information content (AvgIpc) is 3.55. The van der Waals surface area contributed by atoms with E-state index in [1.54, 1.807) is 0 Å².